The third-order valence-corrected chi connectivity index (χ3v) is 2.83. The highest BCUT2D eigenvalue weighted by Crippen LogP contribution is 2.25. The van der Waals surface area contributed by atoms with Gasteiger partial charge in [-0.1, -0.05) is 6.08 Å². The SMILES string of the molecule is COC1=C(C2CCCN2)C=C(F)CC=C1. The van der Waals surface area contributed by atoms with Crippen LogP contribution in [0.5, 0.6) is 0 Å². The van der Waals surface area contributed by atoms with E-state index in [9.17, 15) is 4.39 Å². The van der Waals surface area contributed by atoms with Crippen LogP contribution in [0, 0.1) is 0 Å². The molecule has 1 saturated heterocycles. The van der Waals surface area contributed by atoms with Gasteiger partial charge in [0.15, 0.2) is 0 Å². The average molecular weight is 209 g/mol. The Morgan fingerprint density at radius 2 is 2.40 bits per heavy atom. The van der Waals surface area contributed by atoms with Gasteiger partial charge in [0.25, 0.3) is 0 Å². The van der Waals surface area contributed by atoms with E-state index in [1.165, 1.54) is 0 Å². The summed E-state index contributed by atoms with van der Waals surface area (Å²) in [6, 6.07) is 0.244. The standard InChI is InChI=1S/C12H16FNO/c1-15-12-6-2-4-9(13)8-10(12)11-5-3-7-14-11/h2,6,8,11,14H,3-5,7H2,1H3. The molecule has 0 aromatic rings. The number of nitrogens with one attached hydrogen (secondary N) is 1. The summed E-state index contributed by atoms with van der Waals surface area (Å²) in [6.45, 7) is 1.00. The molecule has 3 heteroatoms. The molecule has 82 valence electrons. The lowest BCUT2D eigenvalue weighted by Crippen LogP contribution is -2.24. The fourth-order valence-corrected chi connectivity index (χ4v) is 2.08. The van der Waals surface area contributed by atoms with Gasteiger partial charge >= 0.3 is 0 Å². The average Bonchev–Trinajstić information content (AvgIpc) is 2.69. The number of hydrogen-bond acceptors (Lipinski definition) is 2. The summed E-state index contributed by atoms with van der Waals surface area (Å²) < 4.78 is 18.6. The van der Waals surface area contributed by atoms with Crippen LogP contribution in [0.1, 0.15) is 19.3 Å². The molecule has 1 N–H and O–H groups in total. The van der Waals surface area contributed by atoms with E-state index in [-0.39, 0.29) is 11.9 Å². The molecule has 1 atom stereocenters. The molecule has 1 fully saturated rings. The molecule has 0 saturated carbocycles. The minimum absolute atomic E-state index is 0.0954. The normalized spacial score (nSPS) is 26.5. The number of ether oxygens (including phenoxy) is 1. The first-order valence-corrected chi connectivity index (χ1v) is 5.35. The van der Waals surface area contributed by atoms with Crippen LogP contribution < -0.4 is 5.32 Å². The molecule has 2 aliphatic rings. The molecule has 0 radical (unpaired) electrons. The zero-order chi connectivity index (χ0) is 10.7. The maximum absolute atomic E-state index is 13.3. The lowest BCUT2D eigenvalue weighted by Gasteiger charge is -2.14. The van der Waals surface area contributed by atoms with Gasteiger partial charge in [0.05, 0.1) is 7.11 Å². The number of rotatable bonds is 2. The van der Waals surface area contributed by atoms with Crippen molar-refractivity contribution in [3.63, 3.8) is 0 Å². The Morgan fingerprint density at radius 3 is 3.07 bits per heavy atom. The second kappa shape index (κ2) is 4.62. The zero-order valence-corrected chi connectivity index (χ0v) is 8.92. The third-order valence-electron chi connectivity index (χ3n) is 2.83. The Kier molecular flexibility index (Phi) is 3.21. The highest BCUT2D eigenvalue weighted by Gasteiger charge is 2.21. The van der Waals surface area contributed by atoms with Crippen LogP contribution in [0.2, 0.25) is 0 Å². The highest BCUT2D eigenvalue weighted by atomic mass is 19.1. The molecule has 0 amide bonds. The van der Waals surface area contributed by atoms with Gasteiger partial charge in [0.1, 0.15) is 11.6 Å². The van der Waals surface area contributed by atoms with E-state index in [4.69, 9.17) is 4.74 Å². The van der Waals surface area contributed by atoms with Crippen LogP contribution in [0.3, 0.4) is 0 Å². The fraction of sp³-hybridized carbons (Fsp3) is 0.500. The maximum Gasteiger partial charge on any atom is 0.123 e. The molecule has 0 bridgehead atoms. The van der Waals surface area contributed by atoms with E-state index < -0.39 is 0 Å². The van der Waals surface area contributed by atoms with Crippen molar-refractivity contribution >= 4 is 0 Å². The van der Waals surface area contributed by atoms with E-state index in [1.807, 2.05) is 6.08 Å². The van der Waals surface area contributed by atoms with Crippen molar-refractivity contribution in [2.24, 2.45) is 0 Å². The second-order valence-corrected chi connectivity index (χ2v) is 3.87. The van der Waals surface area contributed by atoms with Crippen LogP contribution >= 0.6 is 0 Å². The van der Waals surface area contributed by atoms with Crippen LogP contribution in [0.15, 0.2) is 35.4 Å². The van der Waals surface area contributed by atoms with Crippen LogP contribution in [-0.2, 0) is 4.74 Å². The van der Waals surface area contributed by atoms with Gasteiger partial charge in [-0.25, -0.2) is 4.39 Å². The summed E-state index contributed by atoms with van der Waals surface area (Å²) in [7, 11) is 1.63. The Balaban J connectivity index is 2.32. The summed E-state index contributed by atoms with van der Waals surface area (Å²) >= 11 is 0. The summed E-state index contributed by atoms with van der Waals surface area (Å²) in [6.07, 6.45) is 7.83. The smallest absolute Gasteiger partial charge is 0.123 e. The minimum Gasteiger partial charge on any atom is -0.496 e. The maximum atomic E-state index is 13.3. The van der Waals surface area contributed by atoms with E-state index in [2.05, 4.69) is 5.32 Å². The molecule has 0 spiro atoms. The first-order valence-electron chi connectivity index (χ1n) is 5.35. The van der Waals surface area contributed by atoms with Gasteiger partial charge in [0.2, 0.25) is 0 Å². The van der Waals surface area contributed by atoms with Crippen molar-refractivity contribution in [1.29, 1.82) is 0 Å². The molecule has 2 nitrogen and oxygen atoms in total. The molecule has 15 heavy (non-hydrogen) atoms. The van der Waals surface area contributed by atoms with E-state index in [1.54, 1.807) is 19.3 Å². The topological polar surface area (TPSA) is 21.3 Å². The van der Waals surface area contributed by atoms with Crippen LogP contribution in [0.4, 0.5) is 4.39 Å². The molecular formula is C12H16FNO. The first-order chi connectivity index (χ1) is 7.31. The van der Waals surface area contributed by atoms with Crippen LogP contribution in [0.25, 0.3) is 0 Å². The van der Waals surface area contributed by atoms with Crippen molar-refractivity contribution < 1.29 is 9.13 Å². The molecular weight excluding hydrogens is 193 g/mol. The predicted molar refractivity (Wildman–Crippen MR) is 58.0 cm³/mol. The minimum atomic E-state index is -0.0954. The van der Waals surface area contributed by atoms with Gasteiger partial charge in [0, 0.05) is 18.0 Å². The molecule has 0 aromatic carbocycles. The van der Waals surface area contributed by atoms with Gasteiger partial charge in [-0.15, -0.1) is 0 Å². The fourth-order valence-electron chi connectivity index (χ4n) is 2.08. The van der Waals surface area contributed by atoms with Gasteiger partial charge in [-0.05, 0) is 31.5 Å². The number of halogens is 1. The number of hydrogen-bond donors (Lipinski definition) is 1. The Labute approximate surface area is 89.5 Å². The van der Waals surface area contributed by atoms with Crippen molar-refractivity contribution in [3.05, 3.63) is 35.4 Å². The Hall–Kier alpha value is -1.09. The van der Waals surface area contributed by atoms with E-state index in [0.717, 1.165) is 30.7 Å². The van der Waals surface area contributed by atoms with Gasteiger partial charge < -0.3 is 10.1 Å². The summed E-state index contributed by atoms with van der Waals surface area (Å²) in [5.74, 6) is 0.684. The quantitative estimate of drug-likeness (QED) is 0.754. The first kappa shape index (κ1) is 10.4. The van der Waals surface area contributed by atoms with Crippen molar-refractivity contribution in [2.75, 3.05) is 13.7 Å². The third kappa shape index (κ3) is 2.29. The van der Waals surface area contributed by atoms with Crippen LogP contribution in [-0.4, -0.2) is 19.7 Å². The Bertz CT molecular complexity index is 325. The van der Waals surface area contributed by atoms with E-state index in [0.29, 0.717) is 6.42 Å². The largest absolute Gasteiger partial charge is 0.496 e. The molecule has 1 aliphatic heterocycles. The zero-order valence-electron chi connectivity index (χ0n) is 8.92. The Morgan fingerprint density at radius 1 is 1.53 bits per heavy atom. The predicted octanol–water partition coefficient (Wildman–Crippen LogP) is 2.45. The molecule has 0 aromatic heterocycles. The summed E-state index contributed by atoms with van der Waals surface area (Å²) in [4.78, 5) is 0. The summed E-state index contributed by atoms with van der Waals surface area (Å²) in [5, 5.41) is 3.36. The molecule has 1 heterocycles. The second-order valence-electron chi connectivity index (χ2n) is 3.87. The van der Waals surface area contributed by atoms with Crippen molar-refractivity contribution in [2.45, 2.75) is 25.3 Å². The van der Waals surface area contributed by atoms with Gasteiger partial charge in [-0.3, -0.25) is 0 Å². The van der Waals surface area contributed by atoms with Crippen molar-refractivity contribution in [1.82, 2.24) is 5.32 Å². The lowest BCUT2D eigenvalue weighted by molar-refractivity contribution is 0.300. The summed E-state index contributed by atoms with van der Waals surface area (Å²) in [5.41, 5.74) is 0.946. The molecule has 1 unspecified atom stereocenters. The van der Waals surface area contributed by atoms with Gasteiger partial charge in [-0.2, -0.15) is 0 Å². The highest BCUT2D eigenvalue weighted by molar-refractivity contribution is 5.38. The molecule has 1 aliphatic carbocycles. The molecule has 2 rings (SSSR count). The van der Waals surface area contributed by atoms with E-state index >= 15 is 0 Å². The number of allylic oxidation sites excluding steroid dienone is 3. The monoisotopic (exact) mass is 209 g/mol. The number of methoxy groups -OCH3 is 1. The lowest BCUT2D eigenvalue weighted by atomic mass is 10.0. The van der Waals surface area contributed by atoms with Crippen molar-refractivity contribution in [3.8, 4) is 0 Å².